The Morgan fingerprint density at radius 3 is 2.71 bits per heavy atom. The molecule has 2 bridgehead atoms. The molecule has 6 rings (SSSR count). The summed E-state index contributed by atoms with van der Waals surface area (Å²) in [5.74, 6) is -0.362. The Morgan fingerprint density at radius 1 is 1.22 bits per heavy atom. The van der Waals surface area contributed by atoms with Crippen LogP contribution >= 0.6 is 11.3 Å². The van der Waals surface area contributed by atoms with E-state index >= 15 is 4.39 Å². The van der Waals surface area contributed by atoms with Crippen LogP contribution in [0.25, 0.3) is 20.8 Å². The maximum Gasteiger partial charge on any atom is 0.393 e. The number of amides is 1. The molecule has 0 radical (unpaired) electrons. The summed E-state index contributed by atoms with van der Waals surface area (Å²) in [5.41, 5.74) is 0.408. The number of anilines is 1. The van der Waals surface area contributed by atoms with Gasteiger partial charge in [0, 0.05) is 18.3 Å². The average molecular weight is 650 g/mol. The Labute approximate surface area is 261 Å². The minimum atomic E-state index is -4.50. The van der Waals surface area contributed by atoms with Gasteiger partial charge < -0.3 is 19.9 Å². The van der Waals surface area contributed by atoms with E-state index in [9.17, 15) is 18.0 Å². The topological polar surface area (TPSA) is 110 Å². The third kappa shape index (κ3) is 6.11. The molecule has 1 aromatic carbocycles. The van der Waals surface area contributed by atoms with Crippen LogP contribution in [0, 0.1) is 0 Å². The number of methoxy groups -OCH3 is 1. The number of benzene rings is 1. The predicted octanol–water partition coefficient (Wildman–Crippen LogP) is 5.93. The molecule has 2 aliphatic rings. The highest BCUT2D eigenvalue weighted by molar-refractivity contribution is 7.23. The molecule has 242 valence electrons. The Balaban J connectivity index is 1.26. The van der Waals surface area contributed by atoms with Crippen molar-refractivity contribution < 1.29 is 31.6 Å². The molecule has 4 aromatic rings. The molecule has 3 aromatic heterocycles. The molecule has 0 saturated carbocycles. The zero-order valence-electron chi connectivity index (χ0n) is 25.5. The number of aromatic nitrogens is 4. The zero-order chi connectivity index (χ0) is 32.3. The molecule has 45 heavy (non-hydrogen) atoms. The summed E-state index contributed by atoms with van der Waals surface area (Å²) in [4.78, 5) is 19.6. The Morgan fingerprint density at radius 2 is 2.00 bits per heavy atom. The number of nitrogens with one attached hydrogen (secondary N) is 2. The van der Waals surface area contributed by atoms with Gasteiger partial charge in [-0.05, 0) is 64.1 Å². The maximum absolute atomic E-state index is 15.5. The number of hydrogen-bond donors (Lipinski definition) is 2. The maximum atomic E-state index is 15.5. The highest BCUT2D eigenvalue weighted by Gasteiger charge is 2.46. The van der Waals surface area contributed by atoms with Crippen molar-refractivity contribution in [1.82, 2.24) is 30.1 Å². The second kappa shape index (κ2) is 11.6. The van der Waals surface area contributed by atoms with Gasteiger partial charge in [-0.1, -0.05) is 17.3 Å². The average Bonchev–Trinajstić information content (AvgIpc) is 3.74. The van der Waals surface area contributed by atoms with Gasteiger partial charge in [-0.25, -0.2) is 4.39 Å². The number of carbonyl (C=O) groups excluding carboxylic acids is 1. The largest absolute Gasteiger partial charge is 0.479 e. The third-order valence-corrected chi connectivity index (χ3v) is 9.86. The highest BCUT2D eigenvalue weighted by atomic mass is 32.1. The lowest BCUT2D eigenvalue weighted by Crippen LogP contribution is -2.53. The first-order chi connectivity index (χ1) is 21.2. The van der Waals surface area contributed by atoms with Crippen molar-refractivity contribution in [2.24, 2.45) is 0 Å². The van der Waals surface area contributed by atoms with Crippen molar-refractivity contribution in [2.75, 3.05) is 19.5 Å². The summed E-state index contributed by atoms with van der Waals surface area (Å²) >= 11 is 1.10. The molecule has 2 N–H and O–H groups in total. The van der Waals surface area contributed by atoms with Crippen molar-refractivity contribution in [1.29, 1.82) is 0 Å². The van der Waals surface area contributed by atoms with Gasteiger partial charge in [0.05, 0.1) is 46.9 Å². The number of piperidine rings is 1. The van der Waals surface area contributed by atoms with Crippen LogP contribution in [-0.2, 0) is 18.5 Å². The van der Waals surface area contributed by atoms with E-state index in [1.807, 2.05) is 27.8 Å². The lowest BCUT2D eigenvalue weighted by atomic mass is 9.95. The van der Waals surface area contributed by atoms with Crippen LogP contribution in [0.3, 0.4) is 0 Å². The lowest BCUT2D eigenvalue weighted by molar-refractivity contribution is -0.126. The van der Waals surface area contributed by atoms with Gasteiger partial charge in [0.2, 0.25) is 17.6 Å². The van der Waals surface area contributed by atoms with Gasteiger partial charge in [-0.3, -0.25) is 14.4 Å². The standard InChI is InChI=1S/C30H35F4N7O3S/c1-29(2,3)41-14-18(28(38-41)43-5)27(42)35-13-22-37-26(39-44-22)25-17(12-30(32,33)34)16-7-6-8-19(24(16)45-25)36-20-11-15-9-10-21(23(20)31)40(15)4/h6-8,14-15,20-21,23,36H,9-13H2,1-5H3,(H,35,42)/t15-,20-,21+,23-/m1/s1. The summed E-state index contributed by atoms with van der Waals surface area (Å²) in [6, 6.07) is 4.71. The monoisotopic (exact) mass is 649 g/mol. The van der Waals surface area contributed by atoms with Gasteiger partial charge in [-0.15, -0.1) is 16.4 Å². The molecule has 5 heterocycles. The second-order valence-electron chi connectivity index (χ2n) is 12.6. The SMILES string of the molecule is COc1nn(C(C)(C)C)cc1C(=O)NCc1nc(-c2sc3c(N[C@@H]4C[C@H]5CC[C@@H]([C@@H]4F)N5C)cccc3c2CC(F)(F)F)no1. The summed E-state index contributed by atoms with van der Waals surface area (Å²) in [6.07, 6.45) is -2.90. The van der Waals surface area contributed by atoms with E-state index in [0.717, 1.165) is 24.2 Å². The third-order valence-electron chi connectivity index (χ3n) is 8.59. The predicted molar refractivity (Wildman–Crippen MR) is 161 cm³/mol. The van der Waals surface area contributed by atoms with Crippen molar-refractivity contribution in [3.8, 4) is 16.6 Å². The first kappa shape index (κ1) is 31.3. The van der Waals surface area contributed by atoms with E-state index in [0.29, 0.717) is 22.2 Å². The number of hydrogen-bond acceptors (Lipinski definition) is 9. The minimum Gasteiger partial charge on any atom is -0.479 e. The van der Waals surface area contributed by atoms with E-state index in [1.165, 1.54) is 7.11 Å². The summed E-state index contributed by atoms with van der Waals surface area (Å²) in [6.45, 7) is 5.61. The fraction of sp³-hybridized carbons (Fsp3) is 0.533. The van der Waals surface area contributed by atoms with Gasteiger partial charge in [-0.2, -0.15) is 18.2 Å². The Hall–Kier alpha value is -3.72. The number of alkyl halides is 4. The number of ether oxygens (including phenoxy) is 1. The van der Waals surface area contributed by atoms with Crippen molar-refractivity contribution in [2.45, 2.75) is 89.0 Å². The van der Waals surface area contributed by atoms with Crippen LogP contribution in [0.5, 0.6) is 5.88 Å². The smallest absolute Gasteiger partial charge is 0.393 e. The molecule has 0 spiro atoms. The molecular formula is C30H35F4N7O3S. The molecule has 15 heteroatoms. The number of fused-ring (bicyclic) bond motifs is 3. The van der Waals surface area contributed by atoms with Crippen LogP contribution in [0.1, 0.15) is 61.8 Å². The molecule has 1 amide bonds. The Kier molecular flexibility index (Phi) is 8.04. The van der Waals surface area contributed by atoms with E-state index in [1.54, 1.807) is 29.1 Å². The number of carbonyl (C=O) groups is 1. The van der Waals surface area contributed by atoms with Gasteiger partial charge in [0.15, 0.2) is 0 Å². The van der Waals surface area contributed by atoms with Gasteiger partial charge in [0.1, 0.15) is 11.7 Å². The van der Waals surface area contributed by atoms with Crippen LogP contribution in [-0.4, -0.2) is 75.4 Å². The number of nitrogens with zero attached hydrogens (tertiary/aromatic N) is 5. The van der Waals surface area contributed by atoms with E-state index < -0.39 is 30.7 Å². The fourth-order valence-electron chi connectivity index (χ4n) is 6.26. The summed E-state index contributed by atoms with van der Waals surface area (Å²) < 4.78 is 69.7. The van der Waals surface area contributed by atoms with E-state index in [2.05, 4.69) is 30.8 Å². The highest BCUT2D eigenvalue weighted by Crippen LogP contribution is 2.45. The molecular weight excluding hydrogens is 614 g/mol. The normalized spacial score (nSPS) is 22.2. The molecule has 2 fully saturated rings. The van der Waals surface area contributed by atoms with Crippen molar-refractivity contribution >= 4 is 33.0 Å². The number of rotatable bonds is 8. The molecule has 0 unspecified atom stereocenters. The fourth-order valence-corrected chi connectivity index (χ4v) is 7.48. The Bertz CT molecular complexity index is 1710. The first-order valence-corrected chi connectivity index (χ1v) is 15.5. The van der Waals surface area contributed by atoms with E-state index in [-0.39, 0.29) is 57.8 Å². The zero-order valence-corrected chi connectivity index (χ0v) is 26.4. The number of halogens is 4. The van der Waals surface area contributed by atoms with Crippen LogP contribution < -0.4 is 15.4 Å². The molecule has 0 aliphatic carbocycles. The first-order valence-electron chi connectivity index (χ1n) is 14.7. The van der Waals surface area contributed by atoms with Crippen LogP contribution in [0.2, 0.25) is 0 Å². The molecule has 4 atom stereocenters. The summed E-state index contributed by atoms with van der Waals surface area (Å²) in [7, 11) is 3.36. The van der Waals surface area contributed by atoms with Gasteiger partial charge in [0.25, 0.3) is 5.91 Å². The van der Waals surface area contributed by atoms with Gasteiger partial charge >= 0.3 is 6.18 Å². The lowest BCUT2D eigenvalue weighted by Gasteiger charge is -2.39. The molecule has 2 saturated heterocycles. The van der Waals surface area contributed by atoms with E-state index in [4.69, 9.17) is 9.26 Å². The van der Waals surface area contributed by atoms with Crippen molar-refractivity contribution in [3.63, 3.8) is 0 Å². The van der Waals surface area contributed by atoms with Crippen molar-refractivity contribution in [3.05, 3.63) is 41.4 Å². The van der Waals surface area contributed by atoms with Crippen LogP contribution in [0.4, 0.5) is 23.2 Å². The minimum absolute atomic E-state index is 0.0105. The number of thiophene rings is 1. The quantitative estimate of drug-likeness (QED) is 0.226. The summed E-state index contributed by atoms with van der Waals surface area (Å²) in [5, 5.41) is 14.7. The molecule has 2 aliphatic heterocycles. The van der Waals surface area contributed by atoms with Crippen LogP contribution in [0.15, 0.2) is 28.9 Å². The second-order valence-corrected chi connectivity index (χ2v) is 13.7. The molecule has 10 nitrogen and oxygen atoms in total.